The predicted octanol–water partition coefficient (Wildman–Crippen LogP) is 7.10. The van der Waals surface area contributed by atoms with Crippen molar-refractivity contribution < 1.29 is 4.74 Å². The highest BCUT2D eigenvalue weighted by Gasteiger charge is 2.12. The lowest BCUT2D eigenvalue weighted by molar-refractivity contribution is 0.339. The van der Waals surface area contributed by atoms with Gasteiger partial charge in [0.2, 0.25) is 0 Å². The smallest absolute Gasteiger partial charge is 0.138 e. The van der Waals surface area contributed by atoms with E-state index in [2.05, 4.69) is 74.3 Å². The molecule has 152 valence electrons. The van der Waals surface area contributed by atoms with Gasteiger partial charge in [0, 0.05) is 11.1 Å². The molecule has 3 aromatic carbocycles. The molecular weight excluding hydrogens is 368 g/mol. The Kier molecular flexibility index (Phi) is 5.45. The fourth-order valence-corrected chi connectivity index (χ4v) is 3.48. The molecule has 3 nitrogen and oxygen atoms in total. The van der Waals surface area contributed by atoms with Crippen LogP contribution >= 0.6 is 0 Å². The molecule has 0 spiro atoms. The number of para-hydroxylation sites is 2. The summed E-state index contributed by atoms with van der Waals surface area (Å²) < 4.78 is 5.86. The largest absolute Gasteiger partial charge is 0.493 e. The average molecular weight is 397 g/mol. The minimum Gasteiger partial charge on any atom is -0.493 e. The minimum atomic E-state index is 0.158. The number of hydrogen-bond acceptors (Lipinski definition) is 2. The van der Waals surface area contributed by atoms with Crippen LogP contribution in [0.15, 0.2) is 66.7 Å². The molecular formula is C27H28N2O. The Hall–Kier alpha value is -3.33. The normalized spacial score (nSPS) is 12.0. The second-order valence-electron chi connectivity index (χ2n) is 8.49. The summed E-state index contributed by atoms with van der Waals surface area (Å²) in [6, 6.07) is 23.0. The van der Waals surface area contributed by atoms with E-state index in [9.17, 15) is 0 Å². The molecule has 0 amide bonds. The van der Waals surface area contributed by atoms with Crippen molar-refractivity contribution in [2.45, 2.75) is 33.1 Å². The van der Waals surface area contributed by atoms with E-state index in [1.54, 1.807) is 0 Å². The second-order valence-corrected chi connectivity index (χ2v) is 8.49. The van der Waals surface area contributed by atoms with E-state index in [0.29, 0.717) is 6.61 Å². The summed E-state index contributed by atoms with van der Waals surface area (Å²) in [4.78, 5) is 8.14. The lowest BCUT2D eigenvalue weighted by atomic mass is 9.87. The average Bonchev–Trinajstić information content (AvgIpc) is 3.17. The van der Waals surface area contributed by atoms with Gasteiger partial charge in [0.05, 0.1) is 17.6 Å². The van der Waals surface area contributed by atoms with E-state index >= 15 is 0 Å². The Morgan fingerprint density at radius 3 is 2.40 bits per heavy atom. The molecule has 0 saturated heterocycles. The number of nitrogens with one attached hydrogen (secondary N) is 1. The van der Waals surface area contributed by atoms with Gasteiger partial charge in [-0.2, -0.15) is 0 Å². The lowest BCUT2D eigenvalue weighted by Gasteiger charge is -2.18. The van der Waals surface area contributed by atoms with Crippen molar-refractivity contribution in [1.29, 1.82) is 0 Å². The maximum Gasteiger partial charge on any atom is 0.138 e. The van der Waals surface area contributed by atoms with Gasteiger partial charge in [-0.3, -0.25) is 0 Å². The van der Waals surface area contributed by atoms with Crippen LogP contribution in [-0.4, -0.2) is 16.6 Å². The van der Waals surface area contributed by atoms with E-state index in [1.165, 1.54) is 11.1 Å². The Morgan fingerprint density at radius 2 is 1.70 bits per heavy atom. The van der Waals surface area contributed by atoms with Crippen LogP contribution in [0, 0.1) is 0 Å². The highest BCUT2D eigenvalue weighted by molar-refractivity contribution is 5.81. The monoisotopic (exact) mass is 396 g/mol. The van der Waals surface area contributed by atoms with Gasteiger partial charge >= 0.3 is 0 Å². The quantitative estimate of drug-likeness (QED) is 0.365. The first-order chi connectivity index (χ1) is 14.4. The highest BCUT2D eigenvalue weighted by Crippen LogP contribution is 2.29. The number of aromatic nitrogens is 2. The summed E-state index contributed by atoms with van der Waals surface area (Å²) in [5.74, 6) is 1.74. The number of rotatable bonds is 5. The number of nitrogens with zero attached hydrogens (tertiary/aromatic N) is 1. The molecule has 0 aliphatic heterocycles. The summed E-state index contributed by atoms with van der Waals surface area (Å²) in [6.07, 6.45) is 4.25. The fraction of sp³-hybridized carbons (Fsp3) is 0.222. The van der Waals surface area contributed by atoms with Crippen LogP contribution in [0.2, 0.25) is 0 Å². The topological polar surface area (TPSA) is 37.9 Å². The van der Waals surface area contributed by atoms with Gasteiger partial charge < -0.3 is 9.72 Å². The van der Waals surface area contributed by atoms with Gasteiger partial charge in [-0.25, -0.2) is 4.98 Å². The van der Waals surface area contributed by atoms with E-state index < -0.39 is 0 Å². The summed E-state index contributed by atoms with van der Waals surface area (Å²) in [5.41, 5.74) is 6.74. The summed E-state index contributed by atoms with van der Waals surface area (Å²) >= 11 is 0. The van der Waals surface area contributed by atoms with Crippen LogP contribution in [0.3, 0.4) is 0 Å². The van der Waals surface area contributed by atoms with Gasteiger partial charge in [-0.05, 0) is 53.8 Å². The van der Waals surface area contributed by atoms with Gasteiger partial charge in [0.15, 0.2) is 0 Å². The molecule has 1 heterocycles. The maximum absolute atomic E-state index is 5.86. The molecule has 0 unspecified atom stereocenters. The zero-order valence-electron chi connectivity index (χ0n) is 18.1. The number of hydrogen-bond donors (Lipinski definition) is 1. The Labute approximate surface area is 178 Å². The second kappa shape index (κ2) is 8.19. The first-order valence-corrected chi connectivity index (χ1v) is 10.4. The van der Waals surface area contributed by atoms with Gasteiger partial charge in [-0.1, -0.05) is 69.3 Å². The Morgan fingerprint density at radius 1 is 0.933 bits per heavy atom. The molecule has 0 bridgehead atoms. The molecule has 0 saturated carbocycles. The van der Waals surface area contributed by atoms with Crippen molar-refractivity contribution in [3.05, 3.63) is 83.4 Å². The minimum absolute atomic E-state index is 0.158. The van der Waals surface area contributed by atoms with Crippen molar-refractivity contribution in [3.8, 4) is 17.1 Å². The van der Waals surface area contributed by atoms with Gasteiger partial charge in [0.25, 0.3) is 0 Å². The summed E-state index contributed by atoms with van der Waals surface area (Å²) in [5, 5.41) is 0. The van der Waals surface area contributed by atoms with Crippen molar-refractivity contribution in [3.63, 3.8) is 0 Å². The molecule has 4 aromatic rings. The first-order valence-electron chi connectivity index (χ1n) is 10.4. The Balaban J connectivity index is 1.67. The van der Waals surface area contributed by atoms with E-state index in [0.717, 1.165) is 33.7 Å². The van der Waals surface area contributed by atoms with E-state index in [-0.39, 0.29) is 5.41 Å². The third-order valence-electron chi connectivity index (χ3n) is 5.20. The third-order valence-corrected chi connectivity index (χ3v) is 5.20. The van der Waals surface area contributed by atoms with Crippen LogP contribution in [0.1, 0.15) is 44.4 Å². The highest BCUT2D eigenvalue weighted by atomic mass is 16.5. The molecule has 0 aliphatic rings. The standard InChI is InChI=1S/C27H28N2O/c1-5-30-25-17-14-21(26-28-23-8-6-7-9-24(23)29-26)18-20(25)13-10-19-11-15-22(16-12-19)27(2,3)4/h6-18H,5H2,1-4H3,(H,28,29)/b13-10-. The number of ether oxygens (including phenoxy) is 1. The number of aromatic amines is 1. The molecule has 0 fully saturated rings. The van der Waals surface area contributed by atoms with Gasteiger partial charge in [-0.15, -0.1) is 0 Å². The molecule has 1 aromatic heterocycles. The van der Waals surface area contributed by atoms with E-state index in [4.69, 9.17) is 9.72 Å². The number of fused-ring (bicyclic) bond motifs is 1. The predicted molar refractivity (Wildman–Crippen MR) is 127 cm³/mol. The van der Waals surface area contributed by atoms with Crippen molar-refractivity contribution in [1.82, 2.24) is 9.97 Å². The van der Waals surface area contributed by atoms with Crippen molar-refractivity contribution in [2.24, 2.45) is 0 Å². The molecule has 4 rings (SSSR count). The lowest BCUT2D eigenvalue weighted by Crippen LogP contribution is -2.10. The molecule has 0 atom stereocenters. The van der Waals surface area contributed by atoms with Crippen LogP contribution < -0.4 is 4.74 Å². The zero-order chi connectivity index (χ0) is 21.1. The van der Waals surface area contributed by atoms with Crippen molar-refractivity contribution in [2.75, 3.05) is 6.61 Å². The van der Waals surface area contributed by atoms with Crippen LogP contribution in [-0.2, 0) is 5.41 Å². The molecule has 0 radical (unpaired) electrons. The SMILES string of the molecule is CCOc1ccc(-c2nc3ccccc3[nH]2)cc1/C=C\c1ccc(C(C)(C)C)cc1. The van der Waals surface area contributed by atoms with E-state index in [1.807, 2.05) is 37.3 Å². The zero-order valence-corrected chi connectivity index (χ0v) is 18.1. The van der Waals surface area contributed by atoms with Crippen LogP contribution in [0.25, 0.3) is 34.6 Å². The molecule has 30 heavy (non-hydrogen) atoms. The Bertz CT molecular complexity index is 1140. The van der Waals surface area contributed by atoms with Crippen LogP contribution in [0.4, 0.5) is 0 Å². The third kappa shape index (κ3) is 4.30. The number of benzene rings is 3. The van der Waals surface area contributed by atoms with Crippen molar-refractivity contribution >= 4 is 23.2 Å². The molecule has 1 N–H and O–H groups in total. The maximum atomic E-state index is 5.86. The van der Waals surface area contributed by atoms with Gasteiger partial charge in [0.1, 0.15) is 11.6 Å². The number of H-pyrrole nitrogens is 1. The summed E-state index contributed by atoms with van der Waals surface area (Å²) in [7, 11) is 0. The molecule has 0 aliphatic carbocycles. The number of imidazole rings is 1. The van der Waals surface area contributed by atoms with Crippen LogP contribution in [0.5, 0.6) is 5.75 Å². The molecule has 3 heteroatoms. The summed E-state index contributed by atoms with van der Waals surface area (Å²) in [6.45, 7) is 9.33. The first kappa shape index (κ1) is 20.0. The fourth-order valence-electron chi connectivity index (χ4n) is 3.48.